The van der Waals surface area contributed by atoms with Gasteiger partial charge >= 0.3 is 0 Å². The van der Waals surface area contributed by atoms with Crippen LogP contribution < -0.4 is 10.1 Å². The summed E-state index contributed by atoms with van der Waals surface area (Å²) in [4.78, 5) is 15.8. The highest BCUT2D eigenvalue weighted by atomic mass is 16.5. The number of aliphatic imine (C=N–C) groups is 1. The Morgan fingerprint density at radius 2 is 2.24 bits per heavy atom. The zero-order valence-corrected chi connectivity index (χ0v) is 9.01. The Balaban J connectivity index is 1.94. The minimum Gasteiger partial charge on any atom is -0.449 e. The number of para-hydroxylation sites is 2. The number of ether oxygens (including phenoxy) is 1. The highest BCUT2D eigenvalue weighted by Crippen LogP contribution is 2.30. The number of hydrogen-bond acceptors (Lipinski definition) is 3. The number of carbonyl (C=O) groups excluding carboxylic acids is 1. The smallest absolute Gasteiger partial charge is 0.291 e. The summed E-state index contributed by atoms with van der Waals surface area (Å²) in [7, 11) is 0. The summed E-state index contributed by atoms with van der Waals surface area (Å²) in [6.45, 7) is 0.664. The molecule has 0 fully saturated rings. The first-order chi connectivity index (χ1) is 8.33. The Morgan fingerprint density at radius 1 is 1.35 bits per heavy atom. The van der Waals surface area contributed by atoms with E-state index in [4.69, 9.17) is 4.74 Å². The van der Waals surface area contributed by atoms with Crippen LogP contribution in [0.2, 0.25) is 0 Å². The predicted octanol–water partition coefficient (Wildman–Crippen LogP) is 1.91. The zero-order chi connectivity index (χ0) is 11.7. The lowest BCUT2D eigenvalue weighted by Crippen LogP contribution is -2.23. The second-order valence-corrected chi connectivity index (χ2v) is 3.76. The van der Waals surface area contributed by atoms with E-state index < -0.39 is 0 Å². The molecule has 0 spiro atoms. The fraction of sp³-hybridized carbons (Fsp3) is 0.0769. The molecule has 0 bridgehead atoms. The molecule has 1 amide bonds. The van der Waals surface area contributed by atoms with Gasteiger partial charge in [-0.2, -0.15) is 0 Å². The van der Waals surface area contributed by atoms with Crippen molar-refractivity contribution in [1.82, 2.24) is 0 Å². The fourth-order valence-corrected chi connectivity index (χ4v) is 1.72. The number of benzene rings is 1. The number of nitrogens with zero attached hydrogens (tertiary/aromatic N) is 1. The third-order valence-corrected chi connectivity index (χ3v) is 2.55. The van der Waals surface area contributed by atoms with Crippen LogP contribution in [-0.2, 0) is 4.79 Å². The van der Waals surface area contributed by atoms with Crippen molar-refractivity contribution in [2.24, 2.45) is 4.99 Å². The first-order valence-electron chi connectivity index (χ1n) is 5.33. The van der Waals surface area contributed by atoms with Gasteiger partial charge in [0, 0.05) is 6.21 Å². The standard InChI is InChI=1S/C13H10N2O2/c16-13-12(7-9-5-6-14-8-9)17-11-4-2-1-3-10(11)15-13/h1-5,7-8H,6H2,(H,15,16)/b12-7+. The Kier molecular flexibility index (Phi) is 2.26. The van der Waals surface area contributed by atoms with Crippen LogP contribution in [0.5, 0.6) is 5.75 Å². The minimum atomic E-state index is -0.232. The molecule has 0 saturated carbocycles. The highest BCUT2D eigenvalue weighted by Gasteiger charge is 2.21. The molecular formula is C13H10N2O2. The van der Waals surface area contributed by atoms with Crippen LogP contribution in [0, 0.1) is 0 Å². The molecule has 4 heteroatoms. The molecule has 1 N–H and O–H groups in total. The minimum absolute atomic E-state index is 0.232. The second-order valence-electron chi connectivity index (χ2n) is 3.76. The van der Waals surface area contributed by atoms with Gasteiger partial charge in [-0.05, 0) is 23.8 Å². The van der Waals surface area contributed by atoms with Crippen molar-refractivity contribution in [3.8, 4) is 5.75 Å². The van der Waals surface area contributed by atoms with Gasteiger partial charge in [-0.1, -0.05) is 18.2 Å². The van der Waals surface area contributed by atoms with Crippen LogP contribution in [0.3, 0.4) is 0 Å². The average molecular weight is 226 g/mol. The molecular weight excluding hydrogens is 216 g/mol. The fourth-order valence-electron chi connectivity index (χ4n) is 1.72. The maximum absolute atomic E-state index is 11.8. The van der Waals surface area contributed by atoms with Crippen molar-refractivity contribution in [3.05, 3.63) is 47.7 Å². The normalized spacial score (nSPS) is 19.6. The summed E-state index contributed by atoms with van der Waals surface area (Å²) in [6.07, 6.45) is 5.36. The summed E-state index contributed by atoms with van der Waals surface area (Å²) in [5.41, 5.74) is 1.60. The van der Waals surface area contributed by atoms with E-state index >= 15 is 0 Å². The van der Waals surface area contributed by atoms with E-state index in [0.29, 0.717) is 23.7 Å². The first kappa shape index (κ1) is 9.84. The largest absolute Gasteiger partial charge is 0.449 e. The van der Waals surface area contributed by atoms with E-state index in [0.717, 1.165) is 5.57 Å². The van der Waals surface area contributed by atoms with Crippen LogP contribution in [0.25, 0.3) is 0 Å². The third-order valence-electron chi connectivity index (χ3n) is 2.55. The summed E-state index contributed by atoms with van der Waals surface area (Å²) in [6, 6.07) is 7.34. The monoisotopic (exact) mass is 226 g/mol. The van der Waals surface area contributed by atoms with E-state index in [2.05, 4.69) is 10.3 Å². The zero-order valence-electron chi connectivity index (χ0n) is 9.01. The van der Waals surface area contributed by atoms with Crippen molar-refractivity contribution in [2.75, 3.05) is 11.9 Å². The van der Waals surface area contributed by atoms with Crippen molar-refractivity contribution in [3.63, 3.8) is 0 Å². The van der Waals surface area contributed by atoms with Crippen LogP contribution in [-0.4, -0.2) is 18.7 Å². The average Bonchev–Trinajstić information content (AvgIpc) is 2.83. The molecule has 0 radical (unpaired) electrons. The number of fused-ring (bicyclic) bond motifs is 1. The van der Waals surface area contributed by atoms with E-state index in [1.807, 2.05) is 24.3 Å². The lowest BCUT2D eigenvalue weighted by molar-refractivity contribution is -0.115. The molecule has 0 aromatic heterocycles. The van der Waals surface area contributed by atoms with E-state index in [1.54, 1.807) is 18.4 Å². The maximum Gasteiger partial charge on any atom is 0.291 e. The lowest BCUT2D eigenvalue weighted by atomic mass is 10.2. The molecule has 2 aliphatic heterocycles. The molecule has 0 aliphatic carbocycles. The molecule has 17 heavy (non-hydrogen) atoms. The van der Waals surface area contributed by atoms with E-state index in [1.165, 1.54) is 0 Å². The van der Waals surface area contributed by atoms with Crippen molar-refractivity contribution >= 4 is 17.8 Å². The number of hydrogen-bond donors (Lipinski definition) is 1. The molecule has 1 aromatic rings. The van der Waals surface area contributed by atoms with Crippen LogP contribution >= 0.6 is 0 Å². The summed E-state index contributed by atoms with van der Waals surface area (Å²) in [5, 5.41) is 2.78. The van der Waals surface area contributed by atoms with Gasteiger partial charge in [0.05, 0.1) is 12.2 Å². The summed E-state index contributed by atoms with van der Waals surface area (Å²) >= 11 is 0. The molecule has 2 heterocycles. The molecule has 0 atom stereocenters. The van der Waals surface area contributed by atoms with Gasteiger partial charge in [0.15, 0.2) is 11.5 Å². The molecule has 0 unspecified atom stereocenters. The van der Waals surface area contributed by atoms with Crippen LogP contribution in [0.4, 0.5) is 5.69 Å². The molecule has 3 rings (SSSR count). The topological polar surface area (TPSA) is 50.7 Å². The predicted molar refractivity (Wildman–Crippen MR) is 65.2 cm³/mol. The van der Waals surface area contributed by atoms with E-state index in [-0.39, 0.29) is 5.91 Å². The van der Waals surface area contributed by atoms with Crippen LogP contribution in [0.15, 0.2) is 52.7 Å². The Labute approximate surface area is 98.3 Å². The van der Waals surface area contributed by atoms with Gasteiger partial charge in [-0.25, -0.2) is 0 Å². The number of allylic oxidation sites excluding steroid dienone is 2. The van der Waals surface area contributed by atoms with Gasteiger partial charge in [-0.15, -0.1) is 0 Å². The summed E-state index contributed by atoms with van der Waals surface area (Å²) < 4.78 is 5.55. The van der Waals surface area contributed by atoms with Crippen molar-refractivity contribution in [1.29, 1.82) is 0 Å². The Bertz CT molecular complexity index is 571. The highest BCUT2D eigenvalue weighted by molar-refractivity contribution is 6.06. The SMILES string of the molecule is O=C1Nc2ccccc2O/C1=C/C1=CCN=C1. The number of amides is 1. The molecule has 4 nitrogen and oxygen atoms in total. The van der Waals surface area contributed by atoms with Crippen molar-refractivity contribution in [2.45, 2.75) is 0 Å². The number of carbonyl (C=O) groups is 1. The lowest BCUT2D eigenvalue weighted by Gasteiger charge is -2.19. The van der Waals surface area contributed by atoms with E-state index in [9.17, 15) is 4.79 Å². The molecule has 84 valence electrons. The second kappa shape index (κ2) is 3.90. The Morgan fingerprint density at radius 3 is 3.06 bits per heavy atom. The maximum atomic E-state index is 11.8. The van der Waals surface area contributed by atoms with Gasteiger partial charge in [0.1, 0.15) is 0 Å². The van der Waals surface area contributed by atoms with Gasteiger partial charge in [-0.3, -0.25) is 9.79 Å². The molecule has 1 aromatic carbocycles. The first-order valence-corrected chi connectivity index (χ1v) is 5.33. The summed E-state index contributed by atoms with van der Waals surface area (Å²) in [5.74, 6) is 0.724. The molecule has 2 aliphatic rings. The Hall–Kier alpha value is -2.36. The van der Waals surface area contributed by atoms with Crippen LogP contribution in [0.1, 0.15) is 0 Å². The quantitative estimate of drug-likeness (QED) is 0.744. The third kappa shape index (κ3) is 1.85. The number of rotatable bonds is 1. The van der Waals surface area contributed by atoms with Gasteiger partial charge in [0.2, 0.25) is 0 Å². The van der Waals surface area contributed by atoms with Crippen molar-refractivity contribution < 1.29 is 9.53 Å². The van der Waals surface area contributed by atoms with Gasteiger partial charge < -0.3 is 10.1 Å². The number of nitrogens with one attached hydrogen (secondary N) is 1. The number of anilines is 1. The van der Waals surface area contributed by atoms with Gasteiger partial charge in [0.25, 0.3) is 5.91 Å². The molecule has 0 saturated heterocycles.